The summed E-state index contributed by atoms with van der Waals surface area (Å²) in [4.78, 5) is 27.8. The number of para-hydroxylation sites is 1. The molecule has 31 heavy (non-hydrogen) atoms. The van der Waals surface area contributed by atoms with Crippen LogP contribution in [0.2, 0.25) is 0 Å². The number of anilines is 1. The van der Waals surface area contributed by atoms with Crippen LogP contribution >= 0.6 is 0 Å². The van der Waals surface area contributed by atoms with E-state index in [1.54, 1.807) is 19.1 Å². The Balaban J connectivity index is 1.45. The number of nitrogens with one attached hydrogen (secondary N) is 1. The van der Waals surface area contributed by atoms with Crippen LogP contribution in [0.4, 0.5) is 5.69 Å². The molecule has 0 spiro atoms. The van der Waals surface area contributed by atoms with E-state index in [-0.39, 0.29) is 11.8 Å². The van der Waals surface area contributed by atoms with Gasteiger partial charge in [0.1, 0.15) is 5.75 Å². The topological polar surface area (TPSA) is 58.6 Å². The van der Waals surface area contributed by atoms with Crippen molar-refractivity contribution in [3.63, 3.8) is 0 Å². The van der Waals surface area contributed by atoms with Crippen molar-refractivity contribution in [3.8, 4) is 5.75 Å². The van der Waals surface area contributed by atoms with Crippen LogP contribution in [-0.4, -0.2) is 35.9 Å². The van der Waals surface area contributed by atoms with Gasteiger partial charge in [0.05, 0.1) is 11.3 Å². The van der Waals surface area contributed by atoms with Crippen molar-refractivity contribution in [2.75, 3.05) is 18.4 Å². The van der Waals surface area contributed by atoms with Crippen molar-refractivity contribution >= 4 is 28.3 Å². The third-order valence-corrected chi connectivity index (χ3v) is 5.71. The number of carbonyl (C=O) groups excluding carboxylic acids is 2. The summed E-state index contributed by atoms with van der Waals surface area (Å²) in [5.41, 5.74) is 1.05. The summed E-state index contributed by atoms with van der Waals surface area (Å²) in [5, 5.41) is 5.07. The average molecular weight is 417 g/mol. The van der Waals surface area contributed by atoms with Gasteiger partial charge in [0, 0.05) is 13.1 Å². The van der Waals surface area contributed by atoms with Crippen LogP contribution in [-0.2, 0) is 4.79 Å². The second-order valence-electron chi connectivity index (χ2n) is 8.01. The number of carbonyl (C=O) groups is 2. The molecule has 160 valence electrons. The Morgan fingerprint density at radius 2 is 1.55 bits per heavy atom. The number of amides is 2. The Morgan fingerprint density at radius 1 is 0.871 bits per heavy atom. The molecule has 0 aliphatic carbocycles. The molecule has 0 aromatic heterocycles. The monoisotopic (exact) mass is 416 g/mol. The van der Waals surface area contributed by atoms with E-state index in [0.29, 0.717) is 17.0 Å². The lowest BCUT2D eigenvalue weighted by Crippen LogP contribution is -2.34. The predicted molar refractivity (Wildman–Crippen MR) is 123 cm³/mol. The van der Waals surface area contributed by atoms with Gasteiger partial charge in [-0.1, -0.05) is 55.3 Å². The minimum absolute atomic E-state index is 0.0269. The molecule has 1 fully saturated rings. The molecule has 1 saturated heterocycles. The van der Waals surface area contributed by atoms with Crippen molar-refractivity contribution in [3.05, 3.63) is 72.3 Å². The first-order valence-corrected chi connectivity index (χ1v) is 11.0. The molecule has 5 heteroatoms. The van der Waals surface area contributed by atoms with Gasteiger partial charge in [-0.2, -0.15) is 0 Å². The first-order chi connectivity index (χ1) is 15.1. The highest BCUT2D eigenvalue weighted by atomic mass is 16.5. The van der Waals surface area contributed by atoms with E-state index in [2.05, 4.69) is 5.32 Å². The second kappa shape index (κ2) is 9.65. The summed E-state index contributed by atoms with van der Waals surface area (Å²) in [6.07, 6.45) is 3.66. The number of nitrogens with zero attached hydrogens (tertiary/aromatic N) is 1. The smallest absolute Gasteiger partial charge is 0.265 e. The predicted octanol–water partition coefficient (Wildman–Crippen LogP) is 5.26. The fourth-order valence-corrected chi connectivity index (χ4v) is 3.96. The second-order valence-corrected chi connectivity index (χ2v) is 8.01. The van der Waals surface area contributed by atoms with Gasteiger partial charge in [-0.15, -0.1) is 0 Å². The highest BCUT2D eigenvalue weighted by molar-refractivity contribution is 6.04. The molecule has 1 atom stereocenters. The maximum atomic E-state index is 13.1. The fraction of sp³-hybridized carbons (Fsp3) is 0.308. The lowest BCUT2D eigenvalue weighted by molar-refractivity contribution is -0.122. The molecule has 0 radical (unpaired) electrons. The highest BCUT2D eigenvalue weighted by Gasteiger charge is 2.22. The van der Waals surface area contributed by atoms with Gasteiger partial charge in [-0.05, 0) is 54.8 Å². The first-order valence-electron chi connectivity index (χ1n) is 11.0. The molecule has 1 N–H and O–H groups in total. The van der Waals surface area contributed by atoms with E-state index in [0.717, 1.165) is 49.5 Å². The van der Waals surface area contributed by atoms with Crippen molar-refractivity contribution in [2.24, 2.45) is 0 Å². The normalized spacial score (nSPS) is 15.2. The van der Waals surface area contributed by atoms with E-state index < -0.39 is 6.10 Å². The van der Waals surface area contributed by atoms with Gasteiger partial charge in [0.25, 0.3) is 11.8 Å². The van der Waals surface area contributed by atoms with Crippen molar-refractivity contribution < 1.29 is 14.3 Å². The van der Waals surface area contributed by atoms with Crippen molar-refractivity contribution in [2.45, 2.75) is 38.7 Å². The number of ether oxygens (including phenoxy) is 1. The third kappa shape index (κ3) is 5.05. The van der Waals surface area contributed by atoms with E-state index in [1.165, 1.54) is 0 Å². The first kappa shape index (κ1) is 20.9. The molecule has 1 aliphatic heterocycles. The Kier molecular flexibility index (Phi) is 6.51. The van der Waals surface area contributed by atoms with Crippen molar-refractivity contribution in [1.29, 1.82) is 0 Å². The standard InChI is InChI=1S/C26H28N2O3/c1-19(31-22-15-14-20-10-4-5-11-21(20)18-22)25(29)27-24-13-7-6-12-23(24)26(30)28-16-8-2-3-9-17-28/h4-7,10-15,18-19H,2-3,8-9,16-17H2,1H3,(H,27,29)/t19-/m0/s1. The maximum Gasteiger partial charge on any atom is 0.265 e. The Labute approximate surface area is 183 Å². The van der Waals surface area contributed by atoms with Gasteiger partial charge < -0.3 is 15.0 Å². The van der Waals surface area contributed by atoms with E-state index in [9.17, 15) is 9.59 Å². The van der Waals surface area contributed by atoms with Crippen LogP contribution in [0.5, 0.6) is 5.75 Å². The molecule has 1 heterocycles. The highest BCUT2D eigenvalue weighted by Crippen LogP contribution is 2.23. The van der Waals surface area contributed by atoms with Crippen LogP contribution in [0.15, 0.2) is 66.7 Å². The summed E-state index contributed by atoms with van der Waals surface area (Å²) in [6, 6.07) is 21.0. The van der Waals surface area contributed by atoms with Crippen LogP contribution in [0.25, 0.3) is 10.8 Å². The summed E-state index contributed by atoms with van der Waals surface area (Å²) < 4.78 is 5.88. The molecule has 3 aromatic carbocycles. The minimum atomic E-state index is -0.706. The SMILES string of the molecule is C[C@H](Oc1ccc2ccccc2c1)C(=O)Nc1ccccc1C(=O)N1CCCCCC1. The molecule has 5 nitrogen and oxygen atoms in total. The summed E-state index contributed by atoms with van der Waals surface area (Å²) in [6.45, 7) is 3.24. The average Bonchev–Trinajstić information content (AvgIpc) is 3.08. The summed E-state index contributed by atoms with van der Waals surface area (Å²) >= 11 is 0. The van der Waals surface area contributed by atoms with Crippen LogP contribution in [0.3, 0.4) is 0 Å². The number of likely N-dealkylation sites (tertiary alicyclic amines) is 1. The quantitative estimate of drug-likeness (QED) is 0.617. The number of fused-ring (bicyclic) bond motifs is 1. The third-order valence-electron chi connectivity index (χ3n) is 5.71. The molecule has 0 bridgehead atoms. The van der Waals surface area contributed by atoms with Crippen molar-refractivity contribution in [1.82, 2.24) is 4.90 Å². The molecule has 4 rings (SSSR count). The number of hydrogen-bond donors (Lipinski definition) is 1. The van der Waals surface area contributed by atoms with Gasteiger partial charge >= 0.3 is 0 Å². The molecular formula is C26H28N2O3. The van der Waals surface area contributed by atoms with Gasteiger partial charge in [0.2, 0.25) is 0 Å². The van der Waals surface area contributed by atoms with Crippen LogP contribution < -0.4 is 10.1 Å². The molecule has 0 saturated carbocycles. The largest absolute Gasteiger partial charge is 0.481 e. The summed E-state index contributed by atoms with van der Waals surface area (Å²) in [7, 11) is 0. The molecule has 2 amide bonds. The minimum Gasteiger partial charge on any atom is -0.481 e. The Bertz CT molecular complexity index is 1070. The molecule has 1 aliphatic rings. The van der Waals surface area contributed by atoms with E-state index in [1.807, 2.05) is 59.5 Å². The van der Waals surface area contributed by atoms with Gasteiger partial charge in [-0.25, -0.2) is 0 Å². The van der Waals surface area contributed by atoms with Crippen LogP contribution in [0, 0.1) is 0 Å². The zero-order valence-electron chi connectivity index (χ0n) is 17.8. The lowest BCUT2D eigenvalue weighted by atomic mass is 10.1. The zero-order valence-corrected chi connectivity index (χ0v) is 17.8. The molecule has 0 unspecified atom stereocenters. The zero-order chi connectivity index (χ0) is 21.6. The lowest BCUT2D eigenvalue weighted by Gasteiger charge is -2.22. The fourth-order valence-electron chi connectivity index (χ4n) is 3.96. The Morgan fingerprint density at radius 3 is 2.32 bits per heavy atom. The van der Waals surface area contributed by atoms with Gasteiger partial charge in [-0.3, -0.25) is 9.59 Å². The van der Waals surface area contributed by atoms with Gasteiger partial charge in [0.15, 0.2) is 6.10 Å². The van der Waals surface area contributed by atoms with E-state index in [4.69, 9.17) is 4.74 Å². The Hall–Kier alpha value is -3.34. The number of benzene rings is 3. The van der Waals surface area contributed by atoms with E-state index >= 15 is 0 Å². The number of hydrogen-bond acceptors (Lipinski definition) is 3. The molecule has 3 aromatic rings. The van der Waals surface area contributed by atoms with Crippen LogP contribution in [0.1, 0.15) is 43.0 Å². The maximum absolute atomic E-state index is 13.1. The number of rotatable bonds is 5. The summed E-state index contributed by atoms with van der Waals surface area (Å²) in [5.74, 6) is 0.320. The molecular weight excluding hydrogens is 388 g/mol.